The van der Waals surface area contributed by atoms with E-state index in [1.54, 1.807) is 12.1 Å². The Hall–Kier alpha value is -1.39. The van der Waals surface area contributed by atoms with E-state index in [0.717, 1.165) is 50.9 Å². The third kappa shape index (κ3) is 7.63. The number of carbonyl (C=O) groups excluding carboxylic acids is 1. The maximum atomic E-state index is 11.1. The van der Waals surface area contributed by atoms with E-state index in [2.05, 4.69) is 34.4 Å². The molecule has 152 valence electrons. The van der Waals surface area contributed by atoms with Gasteiger partial charge < -0.3 is 21.1 Å². The molecule has 2 rings (SSSR count). The molecule has 0 spiro atoms. The molecule has 1 aromatic carbocycles. The molecule has 7 nitrogen and oxygen atoms in total. The van der Waals surface area contributed by atoms with Crippen LogP contribution in [0.4, 0.5) is 0 Å². The first kappa shape index (κ1) is 23.6. The highest BCUT2D eigenvalue weighted by Crippen LogP contribution is 2.15. The SMILES string of the molecule is CCNC(=NCc1ccc(C(N)=O)cc1)NCC(C)(C)N1CCOCC1.I. The van der Waals surface area contributed by atoms with Gasteiger partial charge in [0, 0.05) is 37.3 Å². The van der Waals surface area contributed by atoms with Crippen LogP contribution in [0.15, 0.2) is 29.3 Å². The zero-order valence-electron chi connectivity index (χ0n) is 16.5. The summed E-state index contributed by atoms with van der Waals surface area (Å²) in [4.78, 5) is 18.2. The summed E-state index contributed by atoms with van der Waals surface area (Å²) in [6.45, 7) is 12.1. The highest BCUT2D eigenvalue weighted by molar-refractivity contribution is 14.0. The van der Waals surface area contributed by atoms with Crippen LogP contribution >= 0.6 is 24.0 Å². The average Bonchev–Trinajstić information content (AvgIpc) is 2.65. The predicted octanol–water partition coefficient (Wildman–Crippen LogP) is 1.57. The number of amides is 1. The van der Waals surface area contributed by atoms with Gasteiger partial charge >= 0.3 is 0 Å². The number of rotatable bonds is 7. The minimum atomic E-state index is -0.416. The Morgan fingerprint density at radius 3 is 2.41 bits per heavy atom. The first-order valence-electron chi connectivity index (χ1n) is 9.16. The number of hydrogen-bond acceptors (Lipinski definition) is 4. The first-order valence-corrected chi connectivity index (χ1v) is 9.16. The summed E-state index contributed by atoms with van der Waals surface area (Å²) >= 11 is 0. The normalized spacial score (nSPS) is 15.7. The minimum absolute atomic E-state index is 0. The third-order valence-electron chi connectivity index (χ3n) is 4.56. The molecule has 27 heavy (non-hydrogen) atoms. The summed E-state index contributed by atoms with van der Waals surface area (Å²) in [5.41, 5.74) is 6.82. The number of morpholine rings is 1. The zero-order chi connectivity index (χ0) is 19.0. The molecular weight excluding hydrogens is 457 g/mol. The van der Waals surface area contributed by atoms with Crippen LogP contribution in [0.2, 0.25) is 0 Å². The van der Waals surface area contributed by atoms with Gasteiger partial charge in [-0.3, -0.25) is 9.69 Å². The molecule has 0 saturated carbocycles. The van der Waals surface area contributed by atoms with Gasteiger partial charge in [0.15, 0.2) is 5.96 Å². The molecule has 1 amide bonds. The molecule has 1 saturated heterocycles. The summed E-state index contributed by atoms with van der Waals surface area (Å²) in [6, 6.07) is 7.22. The summed E-state index contributed by atoms with van der Waals surface area (Å²) in [7, 11) is 0. The molecule has 1 aliphatic rings. The van der Waals surface area contributed by atoms with Gasteiger partial charge in [0.2, 0.25) is 5.91 Å². The third-order valence-corrected chi connectivity index (χ3v) is 4.56. The first-order chi connectivity index (χ1) is 12.4. The predicted molar refractivity (Wildman–Crippen MR) is 120 cm³/mol. The average molecular weight is 489 g/mol. The molecule has 1 heterocycles. The second-order valence-electron chi connectivity index (χ2n) is 7.02. The molecule has 0 unspecified atom stereocenters. The van der Waals surface area contributed by atoms with Crippen molar-refractivity contribution in [3.63, 3.8) is 0 Å². The van der Waals surface area contributed by atoms with Crippen molar-refractivity contribution in [3.05, 3.63) is 35.4 Å². The van der Waals surface area contributed by atoms with E-state index in [0.29, 0.717) is 12.1 Å². The standard InChI is InChI=1S/C19H31N5O2.HI/c1-4-21-18(22-13-15-5-7-16(8-6-15)17(20)25)23-14-19(2,3)24-9-11-26-12-10-24;/h5-8H,4,9-14H2,1-3H3,(H2,20,25)(H2,21,22,23);1H. The van der Waals surface area contributed by atoms with Crippen molar-refractivity contribution >= 4 is 35.8 Å². The Labute approximate surface area is 179 Å². The highest BCUT2D eigenvalue weighted by Gasteiger charge is 2.28. The van der Waals surface area contributed by atoms with Crippen molar-refractivity contribution in [3.8, 4) is 0 Å². The van der Waals surface area contributed by atoms with E-state index < -0.39 is 5.91 Å². The molecule has 0 radical (unpaired) electrons. The van der Waals surface area contributed by atoms with Gasteiger partial charge in [-0.15, -0.1) is 24.0 Å². The van der Waals surface area contributed by atoms with E-state index in [4.69, 9.17) is 10.5 Å². The Balaban J connectivity index is 0.00000364. The van der Waals surface area contributed by atoms with Gasteiger partial charge in [-0.1, -0.05) is 12.1 Å². The van der Waals surface area contributed by atoms with Gasteiger partial charge in [0.05, 0.1) is 19.8 Å². The lowest BCUT2D eigenvalue weighted by molar-refractivity contribution is -0.00834. The second-order valence-corrected chi connectivity index (χ2v) is 7.02. The number of hydrogen-bond donors (Lipinski definition) is 3. The van der Waals surface area contributed by atoms with E-state index in [-0.39, 0.29) is 29.5 Å². The molecule has 1 aromatic rings. The van der Waals surface area contributed by atoms with Crippen LogP contribution < -0.4 is 16.4 Å². The van der Waals surface area contributed by atoms with Gasteiger partial charge in [-0.2, -0.15) is 0 Å². The van der Waals surface area contributed by atoms with Crippen LogP contribution in [0.1, 0.15) is 36.7 Å². The molecule has 8 heteroatoms. The second kappa shape index (κ2) is 11.5. The lowest BCUT2D eigenvalue weighted by atomic mass is 10.0. The van der Waals surface area contributed by atoms with Crippen molar-refractivity contribution in [2.75, 3.05) is 39.4 Å². The smallest absolute Gasteiger partial charge is 0.248 e. The monoisotopic (exact) mass is 489 g/mol. The van der Waals surface area contributed by atoms with Crippen LogP contribution in [0, 0.1) is 0 Å². The maximum Gasteiger partial charge on any atom is 0.248 e. The minimum Gasteiger partial charge on any atom is -0.379 e. The lowest BCUT2D eigenvalue weighted by Gasteiger charge is -2.41. The van der Waals surface area contributed by atoms with Crippen LogP contribution in [-0.4, -0.2) is 61.7 Å². The summed E-state index contributed by atoms with van der Waals surface area (Å²) in [5.74, 6) is 0.369. The topological polar surface area (TPSA) is 92.0 Å². The van der Waals surface area contributed by atoms with Crippen molar-refractivity contribution < 1.29 is 9.53 Å². The van der Waals surface area contributed by atoms with Gasteiger partial charge in [-0.25, -0.2) is 4.99 Å². The summed E-state index contributed by atoms with van der Waals surface area (Å²) < 4.78 is 5.44. The van der Waals surface area contributed by atoms with Crippen molar-refractivity contribution in [1.82, 2.24) is 15.5 Å². The number of nitrogens with one attached hydrogen (secondary N) is 2. The van der Waals surface area contributed by atoms with E-state index in [1.165, 1.54) is 0 Å². The van der Waals surface area contributed by atoms with Crippen LogP contribution in [0.3, 0.4) is 0 Å². The van der Waals surface area contributed by atoms with E-state index in [9.17, 15) is 4.79 Å². The van der Waals surface area contributed by atoms with Gasteiger partial charge in [0.25, 0.3) is 0 Å². The Kier molecular flexibility index (Phi) is 10.0. The van der Waals surface area contributed by atoms with Gasteiger partial charge in [-0.05, 0) is 38.5 Å². The van der Waals surface area contributed by atoms with Crippen molar-refractivity contribution in [2.45, 2.75) is 32.9 Å². The lowest BCUT2D eigenvalue weighted by Crippen LogP contribution is -2.56. The highest BCUT2D eigenvalue weighted by atomic mass is 127. The fourth-order valence-electron chi connectivity index (χ4n) is 2.87. The number of nitrogens with zero attached hydrogens (tertiary/aromatic N) is 2. The number of carbonyl (C=O) groups is 1. The number of benzene rings is 1. The van der Waals surface area contributed by atoms with Gasteiger partial charge in [0.1, 0.15) is 0 Å². The largest absolute Gasteiger partial charge is 0.379 e. The molecule has 1 fully saturated rings. The molecule has 0 atom stereocenters. The molecule has 4 N–H and O–H groups in total. The zero-order valence-corrected chi connectivity index (χ0v) is 18.8. The fourth-order valence-corrected chi connectivity index (χ4v) is 2.87. The van der Waals surface area contributed by atoms with Crippen LogP contribution in [0.25, 0.3) is 0 Å². The van der Waals surface area contributed by atoms with Crippen LogP contribution in [-0.2, 0) is 11.3 Å². The van der Waals surface area contributed by atoms with Crippen LogP contribution in [0.5, 0.6) is 0 Å². The quantitative estimate of drug-likeness (QED) is 0.307. The van der Waals surface area contributed by atoms with E-state index in [1.807, 2.05) is 19.1 Å². The number of ether oxygens (including phenoxy) is 1. The molecule has 0 aliphatic carbocycles. The Bertz CT molecular complexity index is 613. The Morgan fingerprint density at radius 2 is 1.85 bits per heavy atom. The fraction of sp³-hybridized carbons (Fsp3) is 0.579. The van der Waals surface area contributed by atoms with Crippen molar-refractivity contribution in [2.24, 2.45) is 10.7 Å². The summed E-state index contributed by atoms with van der Waals surface area (Å²) in [6.07, 6.45) is 0. The molecule has 0 bridgehead atoms. The number of halogens is 1. The number of aliphatic imine (C=N–C) groups is 1. The Morgan fingerprint density at radius 1 is 1.22 bits per heavy atom. The number of nitrogens with two attached hydrogens (primary N) is 1. The molecule has 1 aliphatic heterocycles. The van der Waals surface area contributed by atoms with Crippen molar-refractivity contribution in [1.29, 1.82) is 0 Å². The molecular formula is C19H32IN5O2. The number of guanidine groups is 1. The molecule has 0 aromatic heterocycles. The number of primary amides is 1. The summed E-state index contributed by atoms with van der Waals surface area (Å²) in [5, 5.41) is 6.72. The maximum absolute atomic E-state index is 11.1. The van der Waals surface area contributed by atoms with E-state index >= 15 is 0 Å².